The van der Waals surface area contributed by atoms with Gasteiger partial charge in [-0.3, -0.25) is 4.90 Å². The van der Waals surface area contributed by atoms with E-state index in [9.17, 15) is 0 Å². The van der Waals surface area contributed by atoms with Gasteiger partial charge in [-0.1, -0.05) is 45.2 Å². The van der Waals surface area contributed by atoms with Gasteiger partial charge in [-0.25, -0.2) is 0 Å². The molecule has 1 N–H and O–H groups in total. The lowest BCUT2D eigenvalue weighted by Crippen LogP contribution is -2.48. The highest BCUT2D eigenvalue weighted by atomic mass is 32.1. The van der Waals surface area contributed by atoms with Crippen LogP contribution in [0.5, 0.6) is 5.75 Å². The molecule has 1 aliphatic rings. The van der Waals surface area contributed by atoms with Gasteiger partial charge >= 0.3 is 0 Å². The molecule has 1 fully saturated rings. The quantitative estimate of drug-likeness (QED) is 0.405. The van der Waals surface area contributed by atoms with Crippen LogP contribution in [0.15, 0.2) is 24.3 Å². The molecule has 0 amide bonds. The van der Waals surface area contributed by atoms with Gasteiger partial charge in [0.2, 0.25) is 0 Å². The summed E-state index contributed by atoms with van der Waals surface area (Å²) in [5.74, 6) is 0.885. The van der Waals surface area contributed by atoms with Gasteiger partial charge in [0.05, 0.1) is 20.3 Å². The molecule has 0 aromatic heterocycles. The van der Waals surface area contributed by atoms with Crippen LogP contribution in [0, 0.1) is 0 Å². The lowest BCUT2D eigenvalue weighted by atomic mass is 10.1. The largest absolute Gasteiger partial charge is 0.497 e. The summed E-state index contributed by atoms with van der Waals surface area (Å²) in [6, 6.07) is 8.75. The number of ether oxygens (including phenoxy) is 2. The Morgan fingerprint density at radius 3 is 2.55 bits per heavy atom. The molecule has 6 heteroatoms. The molecule has 1 aromatic carbocycles. The molecule has 1 saturated heterocycles. The highest BCUT2D eigenvalue weighted by Crippen LogP contribution is 2.14. The third-order valence-corrected chi connectivity index (χ3v) is 5.96. The summed E-state index contributed by atoms with van der Waals surface area (Å²) in [4.78, 5) is 4.78. The first-order valence-corrected chi connectivity index (χ1v) is 11.6. The average Bonchev–Trinajstić information content (AvgIpc) is 2.77. The molecule has 0 bridgehead atoms. The second-order valence-corrected chi connectivity index (χ2v) is 8.16. The van der Waals surface area contributed by atoms with E-state index in [1.165, 1.54) is 31.2 Å². The summed E-state index contributed by atoms with van der Waals surface area (Å²) in [5.41, 5.74) is 1.25. The Morgan fingerprint density at radius 1 is 1.21 bits per heavy atom. The second kappa shape index (κ2) is 13.8. The minimum Gasteiger partial charge on any atom is -0.497 e. The van der Waals surface area contributed by atoms with E-state index in [1.807, 2.05) is 12.1 Å². The SMILES string of the molecule is CCCCCC(CC)NC(=S)N(CCN1CCOCC1)Cc1ccc(OC)cc1. The van der Waals surface area contributed by atoms with Crippen LogP contribution in [-0.2, 0) is 11.3 Å². The van der Waals surface area contributed by atoms with Crippen molar-refractivity contribution in [2.45, 2.75) is 58.5 Å². The number of benzene rings is 1. The maximum absolute atomic E-state index is 5.86. The third kappa shape index (κ3) is 8.89. The molecule has 164 valence electrons. The Morgan fingerprint density at radius 2 is 1.93 bits per heavy atom. The summed E-state index contributed by atoms with van der Waals surface area (Å²) < 4.78 is 10.8. The highest BCUT2D eigenvalue weighted by molar-refractivity contribution is 7.80. The van der Waals surface area contributed by atoms with Crippen molar-refractivity contribution >= 4 is 17.3 Å². The van der Waals surface area contributed by atoms with Crippen molar-refractivity contribution in [3.8, 4) is 5.75 Å². The van der Waals surface area contributed by atoms with Gasteiger partial charge in [0, 0.05) is 38.8 Å². The smallest absolute Gasteiger partial charge is 0.169 e. The number of rotatable bonds is 12. The zero-order valence-electron chi connectivity index (χ0n) is 18.5. The third-order valence-electron chi connectivity index (χ3n) is 5.59. The number of unbranched alkanes of at least 4 members (excludes halogenated alkanes) is 2. The van der Waals surface area contributed by atoms with Crippen LogP contribution in [-0.4, -0.2) is 67.5 Å². The number of methoxy groups -OCH3 is 1. The van der Waals surface area contributed by atoms with Crippen molar-refractivity contribution in [3.63, 3.8) is 0 Å². The predicted octanol–water partition coefficient (Wildman–Crippen LogP) is 4.06. The number of nitrogens with zero attached hydrogens (tertiary/aromatic N) is 2. The maximum Gasteiger partial charge on any atom is 0.169 e. The van der Waals surface area contributed by atoms with Gasteiger partial charge in [0.15, 0.2) is 5.11 Å². The standard InChI is InChI=1S/C23H39N3O2S/c1-4-6-7-8-21(5-2)24-23(29)26(14-13-25-15-17-28-18-16-25)19-20-9-11-22(27-3)12-10-20/h9-12,21H,4-8,13-19H2,1-3H3,(H,24,29). The Labute approximate surface area is 182 Å². The van der Waals surface area contributed by atoms with Crippen LogP contribution in [0.25, 0.3) is 0 Å². The lowest BCUT2D eigenvalue weighted by Gasteiger charge is -2.33. The van der Waals surface area contributed by atoms with Crippen molar-refractivity contribution in [1.29, 1.82) is 0 Å². The minimum absolute atomic E-state index is 0.454. The lowest BCUT2D eigenvalue weighted by molar-refractivity contribution is 0.0357. The Bertz CT molecular complexity index is 576. The van der Waals surface area contributed by atoms with Gasteiger partial charge in [-0.2, -0.15) is 0 Å². The molecule has 1 aliphatic heterocycles. The average molecular weight is 422 g/mol. The van der Waals surface area contributed by atoms with Crippen molar-refractivity contribution in [2.75, 3.05) is 46.5 Å². The molecule has 5 nitrogen and oxygen atoms in total. The molecule has 1 aromatic rings. The zero-order chi connectivity index (χ0) is 20.9. The van der Waals surface area contributed by atoms with Crippen LogP contribution in [0.1, 0.15) is 51.5 Å². The van der Waals surface area contributed by atoms with E-state index in [4.69, 9.17) is 21.7 Å². The summed E-state index contributed by atoms with van der Waals surface area (Å²) >= 11 is 5.86. The van der Waals surface area contributed by atoms with Gasteiger partial charge in [0.25, 0.3) is 0 Å². The molecular formula is C23H39N3O2S. The first-order chi connectivity index (χ1) is 14.2. The Hall–Kier alpha value is -1.37. The fourth-order valence-electron chi connectivity index (χ4n) is 3.58. The number of nitrogens with one attached hydrogen (secondary N) is 1. The van der Waals surface area contributed by atoms with Gasteiger partial charge in [-0.05, 0) is 42.8 Å². The van der Waals surface area contributed by atoms with Gasteiger partial charge in [0.1, 0.15) is 5.75 Å². The normalized spacial score (nSPS) is 15.7. The second-order valence-electron chi connectivity index (χ2n) is 7.77. The number of hydrogen-bond donors (Lipinski definition) is 1. The summed E-state index contributed by atoms with van der Waals surface area (Å²) in [6.45, 7) is 10.9. The summed E-state index contributed by atoms with van der Waals surface area (Å²) in [5, 5.41) is 4.52. The van der Waals surface area contributed by atoms with E-state index >= 15 is 0 Å². The maximum atomic E-state index is 5.86. The van der Waals surface area contributed by atoms with Crippen LogP contribution < -0.4 is 10.1 Å². The molecule has 1 atom stereocenters. The minimum atomic E-state index is 0.454. The van der Waals surface area contributed by atoms with Gasteiger partial charge < -0.3 is 19.7 Å². The molecule has 1 heterocycles. The highest BCUT2D eigenvalue weighted by Gasteiger charge is 2.17. The van der Waals surface area contributed by atoms with E-state index < -0.39 is 0 Å². The molecule has 0 saturated carbocycles. The van der Waals surface area contributed by atoms with Crippen molar-refractivity contribution in [1.82, 2.24) is 15.1 Å². The summed E-state index contributed by atoms with van der Waals surface area (Å²) in [7, 11) is 1.70. The van der Waals surface area contributed by atoms with Crippen molar-refractivity contribution < 1.29 is 9.47 Å². The van der Waals surface area contributed by atoms with Crippen molar-refractivity contribution in [3.05, 3.63) is 29.8 Å². The van der Waals surface area contributed by atoms with E-state index in [1.54, 1.807) is 7.11 Å². The topological polar surface area (TPSA) is 37.0 Å². The van der Waals surface area contributed by atoms with E-state index in [2.05, 4.69) is 41.1 Å². The molecule has 2 rings (SSSR count). The Balaban J connectivity index is 1.97. The molecule has 0 aliphatic carbocycles. The fraction of sp³-hybridized carbons (Fsp3) is 0.696. The van der Waals surface area contributed by atoms with Crippen LogP contribution in [0.4, 0.5) is 0 Å². The molecule has 1 unspecified atom stereocenters. The van der Waals surface area contributed by atoms with E-state index in [0.717, 1.165) is 63.2 Å². The molecule has 0 spiro atoms. The van der Waals surface area contributed by atoms with Crippen LogP contribution in [0.3, 0.4) is 0 Å². The number of hydrogen-bond acceptors (Lipinski definition) is 4. The van der Waals surface area contributed by atoms with E-state index in [-0.39, 0.29) is 0 Å². The number of thiocarbonyl (C=S) groups is 1. The summed E-state index contributed by atoms with van der Waals surface area (Å²) in [6.07, 6.45) is 6.09. The Kier molecular flexibility index (Phi) is 11.4. The molecular weight excluding hydrogens is 382 g/mol. The first kappa shape index (κ1) is 23.9. The van der Waals surface area contributed by atoms with Crippen LogP contribution in [0.2, 0.25) is 0 Å². The molecule has 0 radical (unpaired) electrons. The number of morpholine rings is 1. The van der Waals surface area contributed by atoms with Crippen LogP contribution >= 0.6 is 12.2 Å². The van der Waals surface area contributed by atoms with Gasteiger partial charge in [-0.15, -0.1) is 0 Å². The fourth-order valence-corrected chi connectivity index (χ4v) is 3.90. The molecule has 29 heavy (non-hydrogen) atoms. The first-order valence-electron chi connectivity index (χ1n) is 11.1. The van der Waals surface area contributed by atoms with E-state index in [0.29, 0.717) is 6.04 Å². The monoisotopic (exact) mass is 421 g/mol. The zero-order valence-corrected chi connectivity index (χ0v) is 19.3. The van der Waals surface area contributed by atoms with Crippen molar-refractivity contribution in [2.24, 2.45) is 0 Å². The predicted molar refractivity (Wildman–Crippen MR) is 125 cm³/mol.